The van der Waals surface area contributed by atoms with Crippen molar-refractivity contribution in [3.05, 3.63) is 39.6 Å². The zero-order valence-corrected chi connectivity index (χ0v) is 8.41. The van der Waals surface area contributed by atoms with Gasteiger partial charge in [0.1, 0.15) is 4.49 Å². The molecule has 1 aliphatic rings. The quantitative estimate of drug-likeness (QED) is 0.559. The maximum Gasteiger partial charge on any atom is 0.110 e. The molecule has 0 heterocycles. The molecule has 0 unspecified atom stereocenters. The van der Waals surface area contributed by atoms with Crippen LogP contribution < -0.4 is 0 Å². The Hall–Kier alpha value is -0.420. The molecule has 0 fully saturated rings. The van der Waals surface area contributed by atoms with Crippen molar-refractivity contribution in [1.82, 2.24) is 0 Å². The molecular formula is C10H10Cl2. The van der Waals surface area contributed by atoms with Crippen LogP contribution in [-0.2, 0) is 0 Å². The van der Waals surface area contributed by atoms with Crippen LogP contribution in [0.5, 0.6) is 0 Å². The summed E-state index contributed by atoms with van der Waals surface area (Å²) in [5.41, 5.74) is 5.29. The highest BCUT2D eigenvalue weighted by molar-refractivity contribution is 6.56. The van der Waals surface area contributed by atoms with Crippen LogP contribution in [0, 0.1) is 0 Å². The van der Waals surface area contributed by atoms with Gasteiger partial charge in [0, 0.05) is 0 Å². The molecule has 1 rings (SSSR count). The SMILES string of the molecule is CC=C=CC1=CC(=C(Cl)Cl)CC1. The lowest BCUT2D eigenvalue weighted by molar-refractivity contribution is 1.03. The van der Waals surface area contributed by atoms with Crippen molar-refractivity contribution in [2.75, 3.05) is 0 Å². The highest BCUT2D eigenvalue weighted by atomic mass is 35.5. The second-order valence-corrected chi connectivity index (χ2v) is 3.55. The first-order valence-corrected chi connectivity index (χ1v) is 4.61. The Morgan fingerprint density at radius 1 is 1.50 bits per heavy atom. The first-order valence-electron chi connectivity index (χ1n) is 3.86. The Kier molecular flexibility index (Phi) is 3.68. The predicted octanol–water partition coefficient (Wildman–Crippen LogP) is 4.13. The van der Waals surface area contributed by atoms with Crippen LogP contribution in [0.1, 0.15) is 19.8 Å². The molecule has 0 aromatic carbocycles. The number of allylic oxidation sites excluding steroid dienone is 4. The highest BCUT2D eigenvalue weighted by Crippen LogP contribution is 2.29. The van der Waals surface area contributed by atoms with E-state index in [1.54, 1.807) is 0 Å². The van der Waals surface area contributed by atoms with Gasteiger partial charge in [0.25, 0.3) is 0 Å². The second kappa shape index (κ2) is 4.57. The van der Waals surface area contributed by atoms with E-state index in [-0.39, 0.29) is 0 Å². The van der Waals surface area contributed by atoms with Crippen molar-refractivity contribution in [3.63, 3.8) is 0 Å². The molecular weight excluding hydrogens is 191 g/mol. The maximum atomic E-state index is 5.64. The van der Waals surface area contributed by atoms with Gasteiger partial charge in [0.15, 0.2) is 0 Å². The van der Waals surface area contributed by atoms with E-state index in [0.29, 0.717) is 4.49 Å². The molecule has 0 spiro atoms. The molecule has 0 aliphatic heterocycles. The number of halogens is 2. The number of hydrogen-bond acceptors (Lipinski definition) is 0. The molecule has 0 saturated heterocycles. The van der Waals surface area contributed by atoms with Crippen LogP contribution in [0.3, 0.4) is 0 Å². The first-order chi connectivity index (χ1) is 5.74. The zero-order chi connectivity index (χ0) is 8.97. The summed E-state index contributed by atoms with van der Waals surface area (Å²) in [4.78, 5) is 0. The van der Waals surface area contributed by atoms with Crippen molar-refractivity contribution in [3.8, 4) is 0 Å². The van der Waals surface area contributed by atoms with E-state index in [2.05, 4.69) is 5.73 Å². The molecule has 0 saturated carbocycles. The molecule has 0 nitrogen and oxygen atoms in total. The first kappa shape index (κ1) is 9.67. The third kappa shape index (κ3) is 2.57. The van der Waals surface area contributed by atoms with Gasteiger partial charge in [-0.25, -0.2) is 0 Å². The average Bonchev–Trinajstić information content (AvgIpc) is 2.48. The van der Waals surface area contributed by atoms with Crippen molar-refractivity contribution in [1.29, 1.82) is 0 Å². The summed E-state index contributed by atoms with van der Waals surface area (Å²) in [5, 5.41) is 0. The second-order valence-electron chi connectivity index (χ2n) is 2.60. The number of hydrogen-bond donors (Lipinski definition) is 0. The smallest absolute Gasteiger partial charge is 0.110 e. The molecule has 0 aromatic rings. The third-order valence-electron chi connectivity index (χ3n) is 1.72. The fraction of sp³-hybridized carbons (Fsp3) is 0.300. The van der Waals surface area contributed by atoms with Crippen LogP contribution in [0.15, 0.2) is 39.6 Å². The van der Waals surface area contributed by atoms with E-state index >= 15 is 0 Å². The van der Waals surface area contributed by atoms with Gasteiger partial charge in [0.2, 0.25) is 0 Å². The molecule has 12 heavy (non-hydrogen) atoms. The standard InChI is InChI=1S/C10H10Cl2/c1-2-3-4-8-5-6-9(7-8)10(11)12/h2,4,7H,5-6H2,1H3. The topological polar surface area (TPSA) is 0 Å². The van der Waals surface area contributed by atoms with E-state index in [4.69, 9.17) is 23.2 Å². The van der Waals surface area contributed by atoms with Crippen molar-refractivity contribution in [2.45, 2.75) is 19.8 Å². The summed E-state index contributed by atoms with van der Waals surface area (Å²) in [6, 6.07) is 0. The maximum absolute atomic E-state index is 5.64. The molecule has 0 N–H and O–H groups in total. The van der Waals surface area contributed by atoms with E-state index in [1.165, 1.54) is 5.57 Å². The Morgan fingerprint density at radius 2 is 2.25 bits per heavy atom. The number of rotatable bonds is 1. The van der Waals surface area contributed by atoms with E-state index in [1.807, 2.05) is 25.2 Å². The van der Waals surface area contributed by atoms with E-state index in [9.17, 15) is 0 Å². The summed E-state index contributed by atoms with van der Waals surface area (Å²) in [6.07, 6.45) is 7.82. The summed E-state index contributed by atoms with van der Waals surface area (Å²) in [7, 11) is 0. The van der Waals surface area contributed by atoms with Gasteiger partial charge in [-0.1, -0.05) is 29.3 Å². The van der Waals surface area contributed by atoms with Crippen molar-refractivity contribution in [2.24, 2.45) is 0 Å². The largest absolute Gasteiger partial charge is 0.125 e. The normalized spacial score (nSPS) is 15.2. The molecule has 0 bridgehead atoms. The lowest BCUT2D eigenvalue weighted by Crippen LogP contribution is -1.68. The molecule has 0 atom stereocenters. The minimum Gasteiger partial charge on any atom is -0.125 e. The van der Waals surface area contributed by atoms with Crippen molar-refractivity contribution < 1.29 is 0 Å². The van der Waals surface area contributed by atoms with Crippen LogP contribution >= 0.6 is 23.2 Å². The minimum absolute atomic E-state index is 0.388. The monoisotopic (exact) mass is 200 g/mol. The van der Waals surface area contributed by atoms with Crippen LogP contribution in [0.4, 0.5) is 0 Å². The van der Waals surface area contributed by atoms with Crippen LogP contribution in [0.2, 0.25) is 0 Å². The Balaban J connectivity index is 2.80. The summed E-state index contributed by atoms with van der Waals surface area (Å²) < 4.78 is 0.388. The fourth-order valence-electron chi connectivity index (χ4n) is 1.10. The van der Waals surface area contributed by atoms with Crippen LogP contribution in [0.25, 0.3) is 0 Å². The van der Waals surface area contributed by atoms with Gasteiger partial charge in [-0.2, -0.15) is 0 Å². The zero-order valence-electron chi connectivity index (χ0n) is 6.90. The van der Waals surface area contributed by atoms with Gasteiger partial charge >= 0.3 is 0 Å². The molecule has 0 aromatic heterocycles. The summed E-state index contributed by atoms with van der Waals surface area (Å²) in [6.45, 7) is 1.94. The molecule has 1 aliphatic carbocycles. The van der Waals surface area contributed by atoms with Crippen molar-refractivity contribution >= 4 is 23.2 Å². The van der Waals surface area contributed by atoms with Gasteiger partial charge in [-0.05, 0) is 43.1 Å². The van der Waals surface area contributed by atoms with E-state index < -0.39 is 0 Å². The van der Waals surface area contributed by atoms with Gasteiger partial charge in [-0.3, -0.25) is 0 Å². The average molecular weight is 201 g/mol. The van der Waals surface area contributed by atoms with Gasteiger partial charge in [-0.15, -0.1) is 5.73 Å². The predicted molar refractivity (Wildman–Crippen MR) is 54.4 cm³/mol. The Labute approximate surface area is 82.9 Å². The Morgan fingerprint density at radius 3 is 2.75 bits per heavy atom. The fourth-order valence-corrected chi connectivity index (χ4v) is 1.40. The lowest BCUT2D eigenvalue weighted by atomic mass is 10.2. The van der Waals surface area contributed by atoms with Gasteiger partial charge in [0.05, 0.1) is 0 Å². The lowest BCUT2D eigenvalue weighted by Gasteiger charge is -1.88. The minimum atomic E-state index is 0.388. The highest BCUT2D eigenvalue weighted by Gasteiger charge is 2.09. The molecule has 0 radical (unpaired) electrons. The van der Waals surface area contributed by atoms with Gasteiger partial charge < -0.3 is 0 Å². The summed E-state index contributed by atoms with van der Waals surface area (Å²) >= 11 is 11.3. The Bertz CT molecular complexity index is 285. The molecule has 2 heteroatoms. The molecule has 64 valence electrons. The van der Waals surface area contributed by atoms with E-state index in [0.717, 1.165) is 18.4 Å². The summed E-state index contributed by atoms with van der Waals surface area (Å²) in [5.74, 6) is 0. The molecule has 0 amide bonds. The third-order valence-corrected chi connectivity index (χ3v) is 2.21. The van der Waals surface area contributed by atoms with Crippen LogP contribution in [-0.4, -0.2) is 0 Å².